The lowest BCUT2D eigenvalue weighted by molar-refractivity contribution is -0.141. The fraction of sp³-hybridized carbons (Fsp3) is 0.605. The molecule has 1 aromatic carbocycles. The molecule has 0 spiro atoms. The minimum absolute atomic E-state index is 0.0119. The topological polar surface area (TPSA) is 186 Å². The van der Waals surface area contributed by atoms with Gasteiger partial charge in [0.1, 0.15) is 35.2 Å². The van der Waals surface area contributed by atoms with Crippen LogP contribution in [0.2, 0.25) is 0 Å². The Balaban J connectivity index is 1.35. The monoisotopic (exact) mass is 846 g/mol. The molecule has 1 saturated heterocycles. The van der Waals surface area contributed by atoms with Crippen molar-refractivity contribution >= 4 is 60.6 Å². The number of amides is 5. The number of benzene rings is 1. The standard InChI is InChI=1S/C38H51BrN6O9S/c1-22(2)53-30-19-29(25-14-15-28(52-6)31(39)32(25)41-30)54-24-18-27-33(46)42-38(35(48)43-55(50,51)37(3)16-17-37)20-23(38)12-10-8-7-9-11-13-26(34(47)45(27)21-24)40-36(49)44(4)5/h10,12,14-15,19,22-24,26-27H,7-9,11,13,16-18,20-21H2,1-6H3,(H,40,49)(H,42,46)(H,43,48)/b12-10-/t23?,24-,26+,27+,38-/m1/s1. The number of fused-ring (bicyclic) bond motifs is 3. The fourth-order valence-corrected chi connectivity index (χ4v) is 9.06. The molecule has 3 N–H and O–H groups in total. The number of hydrogen-bond acceptors (Lipinski definition) is 10. The molecule has 1 aromatic heterocycles. The molecule has 15 nitrogen and oxygen atoms in total. The van der Waals surface area contributed by atoms with Crippen molar-refractivity contribution in [3.63, 3.8) is 0 Å². The second-order valence-corrected chi connectivity index (χ2v) is 18.7. The number of allylic oxidation sites excluding steroid dienone is 1. The maximum atomic E-state index is 14.5. The molecule has 3 heterocycles. The van der Waals surface area contributed by atoms with Crippen LogP contribution in [0.1, 0.15) is 78.6 Å². The molecule has 2 aromatic rings. The Labute approximate surface area is 330 Å². The van der Waals surface area contributed by atoms with Crippen molar-refractivity contribution in [2.75, 3.05) is 27.7 Å². The minimum atomic E-state index is -3.99. The number of pyridine rings is 1. The SMILES string of the molecule is COc1ccc2c(O[C@@H]3C[C@H]4C(=O)N[C@]5(C(=O)NS(=O)(=O)C6(C)CC6)CC5/C=C\CCCCC[C@H](NC(=O)N(C)C)C(=O)N4C3)cc(OC(C)C)nc2c1Br. The van der Waals surface area contributed by atoms with Crippen molar-refractivity contribution in [2.45, 2.75) is 113 Å². The highest BCUT2D eigenvalue weighted by Gasteiger charge is 2.63. The van der Waals surface area contributed by atoms with Crippen LogP contribution in [0.3, 0.4) is 0 Å². The van der Waals surface area contributed by atoms with Gasteiger partial charge in [0, 0.05) is 37.9 Å². The van der Waals surface area contributed by atoms with Gasteiger partial charge in [-0.3, -0.25) is 19.1 Å². The van der Waals surface area contributed by atoms with E-state index >= 15 is 0 Å². The Bertz CT molecular complexity index is 1990. The van der Waals surface area contributed by atoms with Crippen LogP contribution in [0.5, 0.6) is 17.4 Å². The van der Waals surface area contributed by atoms with Gasteiger partial charge < -0.3 is 34.6 Å². The number of sulfonamides is 1. The fourth-order valence-electron chi connectivity index (χ4n) is 7.15. The molecule has 4 aliphatic rings. The molecule has 2 aliphatic carbocycles. The molecule has 55 heavy (non-hydrogen) atoms. The summed E-state index contributed by atoms with van der Waals surface area (Å²) in [6.07, 6.45) is 7.32. The summed E-state index contributed by atoms with van der Waals surface area (Å²) in [5.41, 5.74) is -0.995. The molecule has 2 aliphatic heterocycles. The molecule has 5 atom stereocenters. The predicted octanol–water partition coefficient (Wildman–Crippen LogP) is 4.17. The first-order valence-corrected chi connectivity index (χ1v) is 21.1. The third-order valence-corrected chi connectivity index (χ3v) is 13.8. The van der Waals surface area contributed by atoms with Crippen LogP contribution in [-0.4, -0.2) is 109 Å². The Kier molecular flexibility index (Phi) is 11.6. The van der Waals surface area contributed by atoms with Gasteiger partial charge in [-0.25, -0.2) is 18.2 Å². The summed E-state index contributed by atoms with van der Waals surface area (Å²) in [6.45, 7) is 5.33. The highest BCUT2D eigenvalue weighted by Crippen LogP contribution is 2.48. The third-order valence-electron chi connectivity index (χ3n) is 10.9. The first-order chi connectivity index (χ1) is 26.0. The molecule has 17 heteroatoms. The zero-order valence-corrected chi connectivity index (χ0v) is 34.5. The molecule has 0 radical (unpaired) electrons. The van der Waals surface area contributed by atoms with E-state index in [1.54, 1.807) is 46.3 Å². The van der Waals surface area contributed by atoms with E-state index in [1.165, 1.54) is 9.80 Å². The minimum Gasteiger partial charge on any atom is -0.495 e. The molecule has 300 valence electrons. The van der Waals surface area contributed by atoms with E-state index in [4.69, 9.17) is 14.2 Å². The Morgan fingerprint density at radius 3 is 2.55 bits per heavy atom. The van der Waals surface area contributed by atoms with E-state index in [1.807, 2.05) is 26.0 Å². The van der Waals surface area contributed by atoms with Crippen LogP contribution in [0.15, 0.2) is 34.8 Å². The number of halogens is 1. The molecule has 2 saturated carbocycles. The van der Waals surface area contributed by atoms with Gasteiger partial charge in [-0.2, -0.15) is 0 Å². The summed E-state index contributed by atoms with van der Waals surface area (Å²) < 4.78 is 46.2. The lowest BCUT2D eigenvalue weighted by atomic mass is 10.0. The van der Waals surface area contributed by atoms with Crippen LogP contribution in [0.4, 0.5) is 4.79 Å². The summed E-state index contributed by atoms with van der Waals surface area (Å²) in [6, 6.07) is 2.75. The van der Waals surface area contributed by atoms with Crippen LogP contribution in [-0.2, 0) is 24.4 Å². The van der Waals surface area contributed by atoms with Crippen molar-refractivity contribution in [3.05, 3.63) is 34.8 Å². The molecule has 6 rings (SSSR count). The first kappa shape index (κ1) is 40.5. The Morgan fingerprint density at radius 2 is 1.87 bits per heavy atom. The Morgan fingerprint density at radius 1 is 1.13 bits per heavy atom. The number of carbonyl (C=O) groups excluding carboxylic acids is 4. The zero-order valence-electron chi connectivity index (χ0n) is 32.1. The van der Waals surface area contributed by atoms with E-state index in [0.29, 0.717) is 64.9 Å². The zero-order chi connectivity index (χ0) is 39.9. The van der Waals surface area contributed by atoms with Gasteiger partial charge >= 0.3 is 6.03 Å². The average Bonchev–Trinajstić information content (AvgIpc) is 4.00. The molecule has 0 bridgehead atoms. The summed E-state index contributed by atoms with van der Waals surface area (Å²) >= 11 is 3.59. The second kappa shape index (κ2) is 15.8. The van der Waals surface area contributed by atoms with Crippen LogP contribution in [0, 0.1) is 5.92 Å². The van der Waals surface area contributed by atoms with Crippen molar-refractivity contribution in [2.24, 2.45) is 5.92 Å². The summed E-state index contributed by atoms with van der Waals surface area (Å²) in [7, 11) is 0.722. The summed E-state index contributed by atoms with van der Waals surface area (Å²) in [5, 5.41) is 6.38. The van der Waals surface area contributed by atoms with E-state index < -0.39 is 68.2 Å². The number of ether oxygens (including phenoxy) is 3. The first-order valence-electron chi connectivity index (χ1n) is 18.8. The molecule has 1 unspecified atom stereocenters. The maximum absolute atomic E-state index is 14.5. The van der Waals surface area contributed by atoms with Gasteiger partial charge in [0.15, 0.2) is 0 Å². The molecular formula is C38H51BrN6O9S. The van der Waals surface area contributed by atoms with Gasteiger partial charge in [0.2, 0.25) is 27.7 Å². The van der Waals surface area contributed by atoms with Crippen LogP contribution in [0.25, 0.3) is 10.9 Å². The van der Waals surface area contributed by atoms with E-state index in [9.17, 15) is 27.6 Å². The van der Waals surface area contributed by atoms with E-state index in [0.717, 1.165) is 12.8 Å². The summed E-state index contributed by atoms with van der Waals surface area (Å²) in [5.74, 6) is -1.05. The number of carbonyl (C=O) groups is 4. The number of nitrogens with zero attached hydrogens (tertiary/aromatic N) is 3. The normalized spacial score (nSPS) is 27.1. The number of methoxy groups -OCH3 is 1. The highest BCUT2D eigenvalue weighted by atomic mass is 79.9. The summed E-state index contributed by atoms with van der Waals surface area (Å²) in [4.78, 5) is 63.2. The number of aromatic nitrogens is 1. The smallest absolute Gasteiger partial charge is 0.317 e. The van der Waals surface area contributed by atoms with E-state index in [-0.39, 0.29) is 25.5 Å². The molecule has 5 amide bonds. The van der Waals surface area contributed by atoms with Gasteiger partial charge in [-0.05, 0) is 87.4 Å². The lowest BCUT2D eigenvalue weighted by Gasteiger charge is -2.30. The number of urea groups is 1. The number of hydrogen-bond donors (Lipinski definition) is 3. The maximum Gasteiger partial charge on any atom is 0.317 e. The molecule has 3 fully saturated rings. The Hall–Kier alpha value is -4.12. The number of nitrogens with one attached hydrogen (secondary N) is 3. The number of rotatable bonds is 9. The van der Waals surface area contributed by atoms with Crippen molar-refractivity contribution < 1.29 is 41.8 Å². The largest absolute Gasteiger partial charge is 0.495 e. The highest BCUT2D eigenvalue weighted by molar-refractivity contribution is 9.10. The quantitative estimate of drug-likeness (QED) is 0.310. The van der Waals surface area contributed by atoms with Gasteiger partial charge in [0.25, 0.3) is 5.91 Å². The van der Waals surface area contributed by atoms with E-state index in [2.05, 4.69) is 36.3 Å². The predicted molar refractivity (Wildman–Crippen MR) is 208 cm³/mol. The van der Waals surface area contributed by atoms with Crippen molar-refractivity contribution in [1.29, 1.82) is 0 Å². The van der Waals surface area contributed by atoms with Crippen molar-refractivity contribution in [3.8, 4) is 17.4 Å². The lowest BCUT2D eigenvalue weighted by Crippen LogP contribution is -2.59. The van der Waals surface area contributed by atoms with Crippen molar-refractivity contribution in [1.82, 2.24) is 30.1 Å². The molecular weight excluding hydrogens is 796 g/mol. The van der Waals surface area contributed by atoms with Crippen LogP contribution < -0.4 is 29.6 Å². The van der Waals surface area contributed by atoms with Crippen LogP contribution >= 0.6 is 15.9 Å². The van der Waals surface area contributed by atoms with Gasteiger partial charge in [-0.1, -0.05) is 25.0 Å². The average molecular weight is 848 g/mol. The third kappa shape index (κ3) is 8.52. The van der Waals surface area contributed by atoms with Gasteiger partial charge in [0.05, 0.1) is 34.5 Å². The van der Waals surface area contributed by atoms with Gasteiger partial charge in [-0.15, -0.1) is 0 Å². The second-order valence-electron chi connectivity index (χ2n) is 15.7.